The van der Waals surface area contributed by atoms with Crippen LogP contribution in [0.3, 0.4) is 0 Å². The first-order valence-corrected chi connectivity index (χ1v) is 18.7. The first-order chi connectivity index (χ1) is 23.2. The predicted molar refractivity (Wildman–Crippen MR) is 208 cm³/mol. The molecule has 2 aromatic carbocycles. The molecule has 7 heteroatoms. The van der Waals surface area contributed by atoms with E-state index in [2.05, 4.69) is 105 Å². The van der Waals surface area contributed by atoms with Gasteiger partial charge in [-0.3, -0.25) is 14.8 Å². The van der Waals surface area contributed by atoms with Crippen molar-refractivity contribution in [2.45, 2.75) is 107 Å². The molecule has 0 fully saturated rings. The predicted octanol–water partition coefficient (Wildman–Crippen LogP) is 12.1. The van der Waals surface area contributed by atoms with Crippen molar-refractivity contribution in [3.63, 3.8) is 0 Å². The van der Waals surface area contributed by atoms with E-state index in [9.17, 15) is 9.90 Å². The summed E-state index contributed by atoms with van der Waals surface area (Å²) >= 11 is 1.73. The van der Waals surface area contributed by atoms with E-state index in [1.807, 2.05) is 34.6 Å². The molecule has 269 valence electrons. The number of carbonyl (C=O) groups is 1. The largest absolute Gasteiger partial charge is 0.512 e. The smallest absolute Gasteiger partial charge is 0.164 e. The number of hydrogen-bond acceptors (Lipinski definition) is 6. The third-order valence-corrected chi connectivity index (χ3v) is 10.8. The molecule has 3 heterocycles. The van der Waals surface area contributed by atoms with Crippen LogP contribution in [0.2, 0.25) is 0 Å². The van der Waals surface area contributed by atoms with E-state index in [1.54, 1.807) is 17.7 Å². The zero-order valence-electron chi connectivity index (χ0n) is 31.5. The molecule has 0 saturated carbocycles. The second kappa shape index (κ2) is 17.8. The number of ketones is 1. The average molecular weight is 869 g/mol. The molecule has 0 aliphatic heterocycles. The normalized spacial score (nSPS) is 12.3. The van der Waals surface area contributed by atoms with Crippen molar-refractivity contribution in [3.05, 3.63) is 90.1 Å². The van der Waals surface area contributed by atoms with Gasteiger partial charge in [0, 0.05) is 48.9 Å². The monoisotopic (exact) mass is 869 g/mol. The maximum atomic E-state index is 12.0. The Kier molecular flexibility index (Phi) is 14.7. The van der Waals surface area contributed by atoms with Gasteiger partial charge in [-0.1, -0.05) is 98.4 Å². The number of allylic oxidation sites excluding steroid dienone is 2. The minimum atomic E-state index is -0.319. The van der Waals surface area contributed by atoms with Crippen molar-refractivity contribution in [1.82, 2.24) is 15.0 Å². The number of benzene rings is 2. The standard InChI is InChI=1S/C29H28N3S.C14H26O2.Ir/c1-18(2)12-21-10-11-27-26(32-21)16-28(33-27)25-15-24(30-17-31-25)20-13-19-8-6-7-9-22(19)23(14-20)29(3,4)5;1-6-11(7-2)12(15)10-13(16)14(5,8-3)9-4;/h6-11,14-18H,12H2,1-5H3;10-11,15H,6-9H2,1-5H3;/q-1;;/b;12-10-;. The van der Waals surface area contributed by atoms with E-state index < -0.39 is 0 Å². The minimum Gasteiger partial charge on any atom is -0.512 e. The van der Waals surface area contributed by atoms with Gasteiger partial charge in [0.2, 0.25) is 0 Å². The maximum absolute atomic E-state index is 12.0. The second-order valence-corrected chi connectivity index (χ2v) is 15.9. The summed E-state index contributed by atoms with van der Waals surface area (Å²) in [5, 5.41) is 12.2. The van der Waals surface area contributed by atoms with Crippen LogP contribution in [0.1, 0.15) is 106 Å². The summed E-state index contributed by atoms with van der Waals surface area (Å²) < 4.78 is 1.19. The summed E-state index contributed by atoms with van der Waals surface area (Å²) in [5.74, 6) is 1.03. The number of hydrogen-bond donors (Lipinski definition) is 1. The van der Waals surface area contributed by atoms with Crippen LogP contribution in [0.5, 0.6) is 0 Å². The fraction of sp³-hybridized carbons (Fsp3) is 0.442. The Morgan fingerprint density at radius 2 is 1.58 bits per heavy atom. The molecule has 0 aliphatic carbocycles. The van der Waals surface area contributed by atoms with Crippen LogP contribution in [-0.2, 0) is 36.7 Å². The molecule has 0 spiro atoms. The molecule has 0 amide bonds. The number of aromatic nitrogens is 3. The SMILES string of the molecule is CC(C)Cc1ccc2sc(-c3cc(-c4[c-]c5ccccc5c(C(C)(C)C)c4)ncn3)cc2n1.CCC(CC)/C(O)=C/C(=O)C(C)(CC)CC.[Ir]. The van der Waals surface area contributed by atoms with Gasteiger partial charge in [-0.25, -0.2) is 4.98 Å². The maximum Gasteiger partial charge on any atom is 0.164 e. The van der Waals surface area contributed by atoms with Crippen LogP contribution in [0.25, 0.3) is 42.8 Å². The fourth-order valence-corrected chi connectivity index (χ4v) is 6.95. The Morgan fingerprint density at radius 1 is 0.920 bits per heavy atom. The van der Waals surface area contributed by atoms with Crippen LogP contribution in [0.15, 0.2) is 72.8 Å². The van der Waals surface area contributed by atoms with Crippen molar-refractivity contribution in [3.8, 4) is 21.8 Å². The van der Waals surface area contributed by atoms with E-state index in [0.717, 1.165) is 70.5 Å². The van der Waals surface area contributed by atoms with Gasteiger partial charge in [-0.15, -0.1) is 40.5 Å². The Balaban J connectivity index is 0.000000340. The molecular weight excluding hydrogens is 815 g/mol. The van der Waals surface area contributed by atoms with Crippen molar-refractivity contribution in [2.24, 2.45) is 17.3 Å². The van der Waals surface area contributed by atoms with Crippen molar-refractivity contribution >= 4 is 38.1 Å². The quantitative estimate of drug-likeness (QED) is 0.0813. The molecule has 0 unspecified atom stereocenters. The molecule has 0 saturated heterocycles. The number of thiophene rings is 1. The van der Waals surface area contributed by atoms with E-state index in [-0.39, 0.29) is 48.4 Å². The molecule has 5 aromatic rings. The van der Waals surface area contributed by atoms with Gasteiger partial charge in [-0.2, -0.15) is 0 Å². The molecular formula is C43H54IrN3O2S-. The molecule has 5 nitrogen and oxygen atoms in total. The van der Waals surface area contributed by atoms with Gasteiger partial charge in [0.25, 0.3) is 0 Å². The minimum absolute atomic E-state index is 0. The third kappa shape index (κ3) is 9.96. The number of fused-ring (bicyclic) bond motifs is 2. The fourth-order valence-electron chi connectivity index (χ4n) is 5.98. The molecule has 50 heavy (non-hydrogen) atoms. The summed E-state index contributed by atoms with van der Waals surface area (Å²) in [4.78, 5) is 27.2. The Bertz CT molecular complexity index is 1910. The zero-order chi connectivity index (χ0) is 35.9. The third-order valence-electron chi connectivity index (χ3n) is 9.67. The topological polar surface area (TPSA) is 76.0 Å². The molecule has 5 rings (SSSR count). The van der Waals surface area contributed by atoms with E-state index in [0.29, 0.717) is 5.92 Å². The summed E-state index contributed by atoms with van der Waals surface area (Å²) in [6.45, 7) is 21.3. The summed E-state index contributed by atoms with van der Waals surface area (Å²) in [6.07, 6.45) is 7.48. The number of pyridine rings is 1. The molecule has 3 aromatic heterocycles. The first kappa shape index (κ1) is 41.2. The molecule has 1 N–H and O–H groups in total. The molecule has 1 radical (unpaired) electrons. The number of rotatable bonds is 11. The van der Waals surface area contributed by atoms with Gasteiger partial charge in [-0.05, 0) is 67.7 Å². The van der Waals surface area contributed by atoms with Crippen LogP contribution in [0.4, 0.5) is 0 Å². The molecule has 0 bridgehead atoms. The van der Waals surface area contributed by atoms with Crippen molar-refractivity contribution in [1.29, 1.82) is 0 Å². The summed E-state index contributed by atoms with van der Waals surface area (Å²) in [6, 6.07) is 22.8. The van der Waals surface area contributed by atoms with Gasteiger partial charge < -0.3 is 5.11 Å². The Labute approximate surface area is 317 Å². The van der Waals surface area contributed by atoms with Crippen molar-refractivity contribution < 1.29 is 30.0 Å². The molecule has 0 aliphatic rings. The van der Waals surface area contributed by atoms with Crippen LogP contribution in [0, 0.1) is 23.3 Å². The van der Waals surface area contributed by atoms with Gasteiger partial charge in [0.15, 0.2) is 5.78 Å². The van der Waals surface area contributed by atoms with Gasteiger partial charge >= 0.3 is 0 Å². The van der Waals surface area contributed by atoms with Crippen LogP contribution >= 0.6 is 11.3 Å². The van der Waals surface area contributed by atoms with E-state index >= 15 is 0 Å². The van der Waals surface area contributed by atoms with Crippen molar-refractivity contribution in [2.75, 3.05) is 0 Å². The first-order valence-electron chi connectivity index (χ1n) is 17.9. The van der Waals surface area contributed by atoms with E-state index in [1.165, 1.54) is 21.7 Å². The average Bonchev–Trinajstić information content (AvgIpc) is 3.51. The summed E-state index contributed by atoms with van der Waals surface area (Å²) in [7, 11) is 0. The Hall–Kier alpha value is -3.25. The summed E-state index contributed by atoms with van der Waals surface area (Å²) in [5.41, 5.74) is 6.00. The van der Waals surface area contributed by atoms with Gasteiger partial charge in [0.05, 0.1) is 26.5 Å². The Morgan fingerprint density at radius 3 is 2.20 bits per heavy atom. The second-order valence-electron chi connectivity index (χ2n) is 14.8. The van der Waals surface area contributed by atoms with Gasteiger partial charge in [0.1, 0.15) is 6.33 Å². The number of aliphatic hydroxyl groups excluding tert-OH is 1. The van der Waals surface area contributed by atoms with E-state index in [4.69, 9.17) is 4.98 Å². The zero-order valence-corrected chi connectivity index (χ0v) is 34.7. The van der Waals surface area contributed by atoms with Crippen LogP contribution < -0.4 is 0 Å². The van der Waals surface area contributed by atoms with Crippen LogP contribution in [-0.4, -0.2) is 25.8 Å². The number of carbonyl (C=O) groups excluding carboxylic acids is 1. The molecule has 0 atom stereocenters. The number of nitrogens with zero attached hydrogens (tertiary/aromatic N) is 3. The number of aliphatic hydroxyl groups is 1.